The molecule has 0 unspecified atom stereocenters. The second-order valence-corrected chi connectivity index (χ2v) is 6.16. The van der Waals surface area contributed by atoms with Gasteiger partial charge in [0, 0.05) is 25.2 Å². The molecule has 0 saturated carbocycles. The molecule has 2 saturated heterocycles. The number of hydrogen-bond donors (Lipinski definition) is 1. The predicted octanol–water partition coefficient (Wildman–Crippen LogP) is 2.36. The monoisotopic (exact) mass is 242 g/mol. The molecule has 2 fully saturated rings. The first-order valence-electron chi connectivity index (χ1n) is 7.47. The highest BCUT2D eigenvalue weighted by atomic mass is 15.2. The van der Waals surface area contributed by atoms with Crippen LogP contribution in [0.15, 0.2) is 24.3 Å². The van der Waals surface area contributed by atoms with E-state index in [1.54, 1.807) is 11.1 Å². The predicted molar refractivity (Wildman–Crippen MR) is 73.6 cm³/mol. The highest BCUT2D eigenvalue weighted by Crippen LogP contribution is 2.40. The fourth-order valence-corrected chi connectivity index (χ4v) is 4.25. The largest absolute Gasteiger partial charge is 0.314 e. The van der Waals surface area contributed by atoms with Gasteiger partial charge in [0.1, 0.15) is 0 Å². The highest BCUT2D eigenvalue weighted by Gasteiger charge is 2.39. The lowest BCUT2D eigenvalue weighted by atomic mass is 9.77. The van der Waals surface area contributed by atoms with Gasteiger partial charge in [-0.2, -0.15) is 0 Å². The number of rotatable bonds is 0. The third-order valence-electron chi connectivity index (χ3n) is 5.20. The third kappa shape index (κ3) is 1.70. The minimum atomic E-state index is 0.682. The number of fused-ring (bicyclic) bond motifs is 4. The summed E-state index contributed by atoms with van der Waals surface area (Å²) in [7, 11) is 0. The van der Waals surface area contributed by atoms with E-state index >= 15 is 0 Å². The third-order valence-corrected chi connectivity index (χ3v) is 5.20. The maximum atomic E-state index is 3.76. The van der Waals surface area contributed by atoms with Crippen LogP contribution in [0.2, 0.25) is 0 Å². The fourth-order valence-electron chi connectivity index (χ4n) is 4.25. The maximum absolute atomic E-state index is 3.76. The van der Waals surface area contributed by atoms with E-state index in [-0.39, 0.29) is 0 Å². The Morgan fingerprint density at radius 2 is 2.17 bits per heavy atom. The molecule has 2 nitrogen and oxygen atoms in total. The Morgan fingerprint density at radius 3 is 3.17 bits per heavy atom. The average Bonchev–Trinajstić information content (AvgIpc) is 2.45. The zero-order chi connectivity index (χ0) is 11.9. The van der Waals surface area contributed by atoms with Crippen molar-refractivity contribution >= 4 is 0 Å². The zero-order valence-electron chi connectivity index (χ0n) is 10.9. The second-order valence-electron chi connectivity index (χ2n) is 6.16. The topological polar surface area (TPSA) is 15.3 Å². The van der Waals surface area contributed by atoms with E-state index in [4.69, 9.17) is 0 Å². The van der Waals surface area contributed by atoms with Crippen molar-refractivity contribution in [2.24, 2.45) is 5.92 Å². The Bertz CT molecular complexity index is 442. The van der Waals surface area contributed by atoms with Crippen LogP contribution in [0, 0.1) is 5.92 Å². The van der Waals surface area contributed by atoms with E-state index in [9.17, 15) is 0 Å². The van der Waals surface area contributed by atoms with E-state index < -0.39 is 0 Å². The molecule has 0 aliphatic carbocycles. The Labute approximate surface area is 109 Å². The van der Waals surface area contributed by atoms with Crippen LogP contribution in [0.3, 0.4) is 0 Å². The number of nitrogens with one attached hydrogen (secondary N) is 1. The highest BCUT2D eigenvalue weighted by molar-refractivity contribution is 5.33. The first kappa shape index (κ1) is 11.0. The van der Waals surface area contributed by atoms with Crippen LogP contribution in [-0.2, 0) is 6.42 Å². The van der Waals surface area contributed by atoms with E-state index in [0.29, 0.717) is 6.04 Å². The zero-order valence-corrected chi connectivity index (χ0v) is 10.9. The van der Waals surface area contributed by atoms with E-state index in [0.717, 1.165) is 12.0 Å². The van der Waals surface area contributed by atoms with Gasteiger partial charge in [0.15, 0.2) is 0 Å². The smallest absolute Gasteiger partial charge is 0.0366 e. The number of hydrogen-bond acceptors (Lipinski definition) is 2. The summed E-state index contributed by atoms with van der Waals surface area (Å²) >= 11 is 0. The van der Waals surface area contributed by atoms with Gasteiger partial charge < -0.3 is 5.32 Å². The van der Waals surface area contributed by atoms with Crippen LogP contribution in [0.5, 0.6) is 0 Å². The first-order valence-corrected chi connectivity index (χ1v) is 7.47. The molecule has 18 heavy (non-hydrogen) atoms. The van der Waals surface area contributed by atoms with Gasteiger partial charge in [-0.1, -0.05) is 24.3 Å². The SMILES string of the molecule is c1ccc2c(c1)CCN1C[C@H]3CCCN[C@H]3C[C@H]21. The van der Waals surface area contributed by atoms with Crippen LogP contribution in [0.4, 0.5) is 0 Å². The van der Waals surface area contributed by atoms with Gasteiger partial charge in [-0.15, -0.1) is 0 Å². The molecule has 3 aliphatic heterocycles. The van der Waals surface area contributed by atoms with Crippen molar-refractivity contribution in [3.8, 4) is 0 Å². The summed E-state index contributed by atoms with van der Waals surface area (Å²) in [5.41, 5.74) is 3.20. The first-order chi connectivity index (χ1) is 8.92. The summed E-state index contributed by atoms with van der Waals surface area (Å²) in [6, 6.07) is 10.5. The molecular formula is C16H22N2. The van der Waals surface area contributed by atoms with Crippen molar-refractivity contribution in [2.75, 3.05) is 19.6 Å². The van der Waals surface area contributed by atoms with Crippen LogP contribution in [0.1, 0.15) is 36.4 Å². The molecule has 1 aromatic rings. The fraction of sp³-hybridized carbons (Fsp3) is 0.625. The van der Waals surface area contributed by atoms with Gasteiger partial charge >= 0.3 is 0 Å². The molecule has 0 aromatic heterocycles. The summed E-state index contributed by atoms with van der Waals surface area (Å²) in [5.74, 6) is 0.903. The Morgan fingerprint density at radius 1 is 1.22 bits per heavy atom. The van der Waals surface area contributed by atoms with Crippen molar-refractivity contribution in [3.05, 3.63) is 35.4 Å². The van der Waals surface area contributed by atoms with Gasteiger partial charge in [0.05, 0.1) is 0 Å². The van der Waals surface area contributed by atoms with Crippen LogP contribution in [-0.4, -0.2) is 30.6 Å². The van der Waals surface area contributed by atoms with E-state index in [1.165, 1.54) is 45.3 Å². The van der Waals surface area contributed by atoms with E-state index in [1.807, 2.05) is 0 Å². The number of nitrogens with zero attached hydrogens (tertiary/aromatic N) is 1. The molecule has 96 valence electrons. The molecule has 3 atom stereocenters. The van der Waals surface area contributed by atoms with Gasteiger partial charge in [-0.3, -0.25) is 4.90 Å². The lowest BCUT2D eigenvalue weighted by molar-refractivity contribution is 0.0552. The number of benzene rings is 1. The minimum absolute atomic E-state index is 0.682. The standard InChI is InChI=1S/C16H22N2/c1-2-6-14-12(4-1)7-9-18-11-13-5-3-8-17-15(13)10-16(14)18/h1-2,4,6,13,15-17H,3,5,7-11H2/t13-,15+,16-/m1/s1. The molecule has 4 rings (SSSR count). The lowest BCUT2D eigenvalue weighted by Gasteiger charge is -2.49. The summed E-state index contributed by atoms with van der Waals surface area (Å²) in [6.07, 6.45) is 5.37. The molecule has 3 heterocycles. The maximum Gasteiger partial charge on any atom is 0.0366 e. The van der Waals surface area contributed by atoms with Crippen molar-refractivity contribution < 1.29 is 0 Å². The molecule has 1 N–H and O–H groups in total. The molecular weight excluding hydrogens is 220 g/mol. The van der Waals surface area contributed by atoms with Crippen molar-refractivity contribution in [1.29, 1.82) is 0 Å². The molecule has 0 bridgehead atoms. The molecule has 0 radical (unpaired) electrons. The van der Waals surface area contributed by atoms with Gasteiger partial charge in [-0.25, -0.2) is 0 Å². The normalized spacial score (nSPS) is 35.4. The average molecular weight is 242 g/mol. The van der Waals surface area contributed by atoms with Crippen LogP contribution >= 0.6 is 0 Å². The van der Waals surface area contributed by atoms with Crippen LogP contribution < -0.4 is 5.32 Å². The Kier molecular flexibility index (Phi) is 2.66. The molecule has 2 heteroatoms. The summed E-state index contributed by atoms with van der Waals surface area (Å²) in [6.45, 7) is 3.82. The summed E-state index contributed by atoms with van der Waals surface area (Å²) < 4.78 is 0. The Hall–Kier alpha value is -0.860. The van der Waals surface area contributed by atoms with Crippen molar-refractivity contribution in [1.82, 2.24) is 10.2 Å². The summed E-state index contributed by atoms with van der Waals surface area (Å²) in [4.78, 5) is 2.75. The summed E-state index contributed by atoms with van der Waals surface area (Å²) in [5, 5.41) is 3.76. The van der Waals surface area contributed by atoms with Crippen molar-refractivity contribution in [2.45, 2.75) is 37.8 Å². The quantitative estimate of drug-likeness (QED) is 0.751. The number of piperidine rings is 2. The van der Waals surface area contributed by atoms with Crippen molar-refractivity contribution in [3.63, 3.8) is 0 Å². The molecule has 0 spiro atoms. The lowest BCUT2D eigenvalue weighted by Crippen LogP contribution is -2.54. The molecule has 1 aromatic carbocycles. The van der Waals surface area contributed by atoms with Crippen LogP contribution in [0.25, 0.3) is 0 Å². The minimum Gasteiger partial charge on any atom is -0.314 e. The van der Waals surface area contributed by atoms with Gasteiger partial charge in [0.25, 0.3) is 0 Å². The molecule has 0 amide bonds. The van der Waals surface area contributed by atoms with Gasteiger partial charge in [-0.05, 0) is 49.3 Å². The van der Waals surface area contributed by atoms with E-state index in [2.05, 4.69) is 34.5 Å². The molecule has 3 aliphatic rings. The Balaban J connectivity index is 1.64. The van der Waals surface area contributed by atoms with Gasteiger partial charge in [0.2, 0.25) is 0 Å². The second kappa shape index (κ2) is 4.36.